The molecule has 70 valence electrons. The fourth-order valence-corrected chi connectivity index (χ4v) is 2.11. The van der Waals surface area contributed by atoms with Crippen LogP contribution in [0.5, 0.6) is 0 Å². The summed E-state index contributed by atoms with van der Waals surface area (Å²) in [6, 6.07) is 0.712. The fraction of sp³-hybridized carbons (Fsp3) is 1.00. The highest BCUT2D eigenvalue weighted by Gasteiger charge is 2.29. The van der Waals surface area contributed by atoms with Crippen LogP contribution in [0.3, 0.4) is 0 Å². The summed E-state index contributed by atoms with van der Waals surface area (Å²) in [7, 11) is 2.21. The van der Waals surface area contributed by atoms with Crippen LogP contribution in [0.4, 0.5) is 0 Å². The molecule has 2 saturated heterocycles. The SMILES string of the molecule is C[C@H]1CN(C)CCN1N1CCC1. The van der Waals surface area contributed by atoms with Crippen molar-refractivity contribution in [3.63, 3.8) is 0 Å². The lowest BCUT2D eigenvalue weighted by atomic mass is 10.2. The molecule has 2 heterocycles. The maximum Gasteiger partial charge on any atom is 0.0345 e. The predicted molar refractivity (Wildman–Crippen MR) is 49.9 cm³/mol. The van der Waals surface area contributed by atoms with Crippen LogP contribution in [0.15, 0.2) is 0 Å². The van der Waals surface area contributed by atoms with E-state index < -0.39 is 0 Å². The number of hydrazine groups is 1. The first kappa shape index (κ1) is 8.48. The van der Waals surface area contributed by atoms with Gasteiger partial charge in [-0.15, -0.1) is 0 Å². The molecule has 0 N–H and O–H groups in total. The van der Waals surface area contributed by atoms with Gasteiger partial charge >= 0.3 is 0 Å². The van der Waals surface area contributed by atoms with Gasteiger partial charge in [-0.05, 0) is 20.4 Å². The van der Waals surface area contributed by atoms with Crippen LogP contribution in [0.25, 0.3) is 0 Å². The molecule has 12 heavy (non-hydrogen) atoms. The van der Waals surface area contributed by atoms with Gasteiger partial charge in [-0.3, -0.25) is 0 Å². The molecule has 0 saturated carbocycles. The van der Waals surface area contributed by atoms with E-state index in [0.29, 0.717) is 6.04 Å². The first-order valence-electron chi connectivity index (χ1n) is 4.97. The van der Waals surface area contributed by atoms with Crippen molar-refractivity contribution >= 4 is 0 Å². The average Bonchev–Trinajstić information content (AvgIpc) is 1.91. The lowest BCUT2D eigenvalue weighted by Crippen LogP contribution is -2.61. The Morgan fingerprint density at radius 3 is 2.33 bits per heavy atom. The minimum Gasteiger partial charge on any atom is -0.303 e. The number of hydrogen-bond donors (Lipinski definition) is 0. The molecule has 3 heteroatoms. The molecular formula is C9H19N3. The lowest BCUT2D eigenvalue weighted by Gasteiger charge is -2.48. The maximum absolute atomic E-state index is 2.55. The minimum atomic E-state index is 0.712. The van der Waals surface area contributed by atoms with Gasteiger partial charge in [0.2, 0.25) is 0 Å². The van der Waals surface area contributed by atoms with Crippen molar-refractivity contribution in [1.29, 1.82) is 0 Å². The Morgan fingerprint density at radius 1 is 1.08 bits per heavy atom. The van der Waals surface area contributed by atoms with Crippen LogP contribution >= 0.6 is 0 Å². The quantitative estimate of drug-likeness (QED) is 0.557. The molecule has 2 aliphatic rings. The van der Waals surface area contributed by atoms with Gasteiger partial charge in [0, 0.05) is 38.8 Å². The van der Waals surface area contributed by atoms with Gasteiger partial charge in [0.15, 0.2) is 0 Å². The van der Waals surface area contributed by atoms with Crippen molar-refractivity contribution in [3.8, 4) is 0 Å². The third kappa shape index (κ3) is 1.49. The monoisotopic (exact) mass is 169 g/mol. The number of piperazine rings is 1. The minimum absolute atomic E-state index is 0.712. The van der Waals surface area contributed by atoms with Crippen molar-refractivity contribution < 1.29 is 0 Å². The highest BCUT2D eigenvalue weighted by atomic mass is 15.7. The number of rotatable bonds is 1. The zero-order valence-electron chi connectivity index (χ0n) is 8.16. The van der Waals surface area contributed by atoms with Gasteiger partial charge in [-0.2, -0.15) is 0 Å². The molecule has 3 nitrogen and oxygen atoms in total. The molecule has 2 rings (SSSR count). The summed E-state index contributed by atoms with van der Waals surface area (Å²) in [5, 5.41) is 5.04. The number of hydrogen-bond acceptors (Lipinski definition) is 3. The predicted octanol–water partition coefficient (Wildman–Crippen LogP) is 0.243. The lowest BCUT2D eigenvalue weighted by molar-refractivity contribution is -0.122. The van der Waals surface area contributed by atoms with Crippen molar-refractivity contribution in [2.24, 2.45) is 0 Å². The Labute approximate surface area is 74.9 Å². The summed E-state index contributed by atoms with van der Waals surface area (Å²) >= 11 is 0. The zero-order valence-corrected chi connectivity index (χ0v) is 8.16. The summed E-state index contributed by atoms with van der Waals surface area (Å²) in [6.45, 7) is 8.56. The number of likely N-dealkylation sites (N-methyl/N-ethyl adjacent to an activating group) is 1. The van der Waals surface area contributed by atoms with Gasteiger partial charge in [0.1, 0.15) is 0 Å². The topological polar surface area (TPSA) is 9.72 Å². The Balaban J connectivity index is 1.88. The molecule has 2 aliphatic heterocycles. The van der Waals surface area contributed by atoms with Crippen LogP contribution in [-0.4, -0.2) is 60.7 Å². The van der Waals surface area contributed by atoms with Crippen molar-refractivity contribution in [2.45, 2.75) is 19.4 Å². The van der Waals surface area contributed by atoms with E-state index in [-0.39, 0.29) is 0 Å². The molecule has 0 unspecified atom stereocenters. The summed E-state index contributed by atoms with van der Waals surface area (Å²) in [4.78, 5) is 2.42. The first-order chi connectivity index (χ1) is 5.77. The van der Waals surface area contributed by atoms with Crippen LogP contribution in [0, 0.1) is 0 Å². The molecule has 0 bridgehead atoms. The number of nitrogens with zero attached hydrogens (tertiary/aromatic N) is 3. The standard InChI is InChI=1S/C9H19N3/c1-9-8-10(2)6-7-12(9)11-4-3-5-11/h9H,3-8H2,1-2H3/t9-/m0/s1. The maximum atomic E-state index is 2.55. The van der Waals surface area contributed by atoms with E-state index in [4.69, 9.17) is 0 Å². The molecule has 0 aromatic heterocycles. The second kappa shape index (κ2) is 3.32. The van der Waals surface area contributed by atoms with Crippen molar-refractivity contribution in [1.82, 2.24) is 14.9 Å². The van der Waals surface area contributed by atoms with Crippen LogP contribution in [-0.2, 0) is 0 Å². The average molecular weight is 169 g/mol. The second-order valence-corrected chi connectivity index (χ2v) is 4.08. The molecule has 0 spiro atoms. The normalized spacial score (nSPS) is 35.0. The fourth-order valence-electron chi connectivity index (χ4n) is 2.11. The van der Waals surface area contributed by atoms with Gasteiger partial charge in [-0.1, -0.05) is 0 Å². The van der Waals surface area contributed by atoms with Crippen LogP contribution in [0.1, 0.15) is 13.3 Å². The smallest absolute Gasteiger partial charge is 0.0345 e. The van der Waals surface area contributed by atoms with E-state index in [1.165, 1.54) is 39.1 Å². The van der Waals surface area contributed by atoms with E-state index in [9.17, 15) is 0 Å². The Morgan fingerprint density at radius 2 is 1.83 bits per heavy atom. The zero-order chi connectivity index (χ0) is 8.55. The van der Waals surface area contributed by atoms with Crippen LogP contribution in [0.2, 0.25) is 0 Å². The third-order valence-corrected chi connectivity index (χ3v) is 2.99. The highest BCUT2D eigenvalue weighted by Crippen LogP contribution is 2.16. The van der Waals surface area contributed by atoms with Gasteiger partial charge in [0.25, 0.3) is 0 Å². The van der Waals surface area contributed by atoms with E-state index in [1.54, 1.807) is 0 Å². The summed E-state index contributed by atoms with van der Waals surface area (Å²) in [5.41, 5.74) is 0. The Bertz CT molecular complexity index is 156. The van der Waals surface area contributed by atoms with E-state index >= 15 is 0 Å². The van der Waals surface area contributed by atoms with E-state index in [0.717, 1.165) is 0 Å². The molecule has 0 radical (unpaired) electrons. The molecule has 2 fully saturated rings. The van der Waals surface area contributed by atoms with Gasteiger partial charge in [0.05, 0.1) is 0 Å². The summed E-state index contributed by atoms with van der Waals surface area (Å²) in [5.74, 6) is 0. The van der Waals surface area contributed by atoms with Crippen LogP contribution < -0.4 is 0 Å². The van der Waals surface area contributed by atoms with Crippen molar-refractivity contribution in [2.75, 3.05) is 39.8 Å². The third-order valence-electron chi connectivity index (χ3n) is 2.99. The summed E-state index contributed by atoms with van der Waals surface area (Å²) in [6.07, 6.45) is 1.39. The highest BCUT2D eigenvalue weighted by molar-refractivity contribution is 4.79. The van der Waals surface area contributed by atoms with Gasteiger partial charge < -0.3 is 4.90 Å². The van der Waals surface area contributed by atoms with E-state index in [2.05, 4.69) is 28.9 Å². The first-order valence-corrected chi connectivity index (χ1v) is 4.97. The van der Waals surface area contributed by atoms with Crippen molar-refractivity contribution in [3.05, 3.63) is 0 Å². The molecule has 1 atom stereocenters. The van der Waals surface area contributed by atoms with E-state index in [1.807, 2.05) is 0 Å². The molecule has 0 aromatic carbocycles. The summed E-state index contributed by atoms with van der Waals surface area (Å²) < 4.78 is 0. The molecule has 0 aliphatic carbocycles. The van der Waals surface area contributed by atoms with Gasteiger partial charge in [-0.25, -0.2) is 10.0 Å². The Kier molecular flexibility index (Phi) is 2.35. The Hall–Kier alpha value is -0.120. The molecular weight excluding hydrogens is 150 g/mol. The largest absolute Gasteiger partial charge is 0.303 e. The molecule has 0 aromatic rings. The molecule has 0 amide bonds. The second-order valence-electron chi connectivity index (χ2n) is 4.08.